The Morgan fingerprint density at radius 3 is 2.42 bits per heavy atom. The molecule has 0 spiro atoms. The lowest BCUT2D eigenvalue weighted by atomic mass is 10.2. The fourth-order valence-corrected chi connectivity index (χ4v) is 2.56. The smallest absolute Gasteiger partial charge is 0.312 e. The summed E-state index contributed by atoms with van der Waals surface area (Å²) in [5.41, 5.74) is 9.11. The van der Waals surface area contributed by atoms with Gasteiger partial charge < -0.3 is 14.5 Å². The van der Waals surface area contributed by atoms with Crippen LogP contribution in [-0.4, -0.2) is 60.3 Å². The summed E-state index contributed by atoms with van der Waals surface area (Å²) in [5, 5.41) is 3.40. The minimum atomic E-state index is -0.615. The number of hydrogen-bond acceptors (Lipinski definition) is 5. The Hall–Kier alpha value is -3.06. The maximum absolute atomic E-state index is 12.1. The molecule has 0 N–H and O–H groups in total. The maximum atomic E-state index is 12.1. The average molecular weight is 359 g/mol. The zero-order valence-corrected chi connectivity index (χ0v) is 14.4. The first-order chi connectivity index (χ1) is 12.6. The highest BCUT2D eigenvalue weighted by Crippen LogP contribution is 2.08. The predicted molar refractivity (Wildman–Crippen MR) is 92.6 cm³/mol. The lowest BCUT2D eigenvalue weighted by molar-refractivity contribution is -0.157. The maximum Gasteiger partial charge on any atom is 0.312 e. The van der Waals surface area contributed by atoms with E-state index in [4.69, 9.17) is 10.3 Å². The van der Waals surface area contributed by atoms with Crippen LogP contribution in [0.2, 0.25) is 0 Å². The first-order valence-electron chi connectivity index (χ1n) is 8.40. The van der Waals surface area contributed by atoms with E-state index in [0.717, 1.165) is 5.56 Å². The first-order valence-corrected chi connectivity index (χ1v) is 8.40. The van der Waals surface area contributed by atoms with Crippen molar-refractivity contribution in [1.29, 1.82) is 0 Å². The van der Waals surface area contributed by atoms with E-state index in [1.807, 2.05) is 30.3 Å². The molecule has 0 atom stereocenters. The second kappa shape index (κ2) is 10.0. The molecule has 2 rings (SSSR count). The summed E-state index contributed by atoms with van der Waals surface area (Å²) in [5.74, 6) is -1.61. The van der Waals surface area contributed by atoms with E-state index in [2.05, 4.69) is 10.0 Å². The molecule has 1 aromatic carbocycles. The van der Waals surface area contributed by atoms with E-state index >= 15 is 0 Å². The van der Waals surface area contributed by atoms with E-state index in [1.165, 1.54) is 9.80 Å². The van der Waals surface area contributed by atoms with Gasteiger partial charge in [-0.3, -0.25) is 14.4 Å². The molecule has 1 aliphatic rings. The third kappa shape index (κ3) is 5.78. The predicted octanol–water partition coefficient (Wildman–Crippen LogP) is 1.49. The van der Waals surface area contributed by atoms with Crippen molar-refractivity contribution in [2.75, 3.05) is 32.7 Å². The molecule has 1 saturated heterocycles. The quantitative estimate of drug-likeness (QED) is 0.166. The van der Waals surface area contributed by atoms with Gasteiger partial charge in [-0.05, 0) is 17.5 Å². The number of amides is 2. The minimum Gasteiger partial charge on any atom is -0.461 e. The number of hydrogen-bond donors (Lipinski definition) is 0. The number of esters is 1. The van der Waals surface area contributed by atoms with Crippen LogP contribution in [0.4, 0.5) is 0 Å². The third-order valence-electron chi connectivity index (χ3n) is 3.98. The van der Waals surface area contributed by atoms with Gasteiger partial charge in [-0.15, -0.1) is 0 Å². The van der Waals surface area contributed by atoms with Crippen LogP contribution in [0.3, 0.4) is 0 Å². The zero-order valence-electron chi connectivity index (χ0n) is 14.4. The van der Waals surface area contributed by atoms with Crippen molar-refractivity contribution in [3.8, 4) is 0 Å². The SMILES string of the molecule is [N-]=[N+]=NCCCN1CCN(CCC(=O)OCc2ccccc2)C(=O)C1=O. The summed E-state index contributed by atoms with van der Waals surface area (Å²) < 4.78 is 5.17. The van der Waals surface area contributed by atoms with Gasteiger partial charge in [0.25, 0.3) is 0 Å². The van der Waals surface area contributed by atoms with Gasteiger partial charge in [0.2, 0.25) is 0 Å². The van der Waals surface area contributed by atoms with E-state index in [0.29, 0.717) is 26.1 Å². The Morgan fingerprint density at radius 1 is 1.12 bits per heavy atom. The third-order valence-corrected chi connectivity index (χ3v) is 3.98. The van der Waals surface area contributed by atoms with Gasteiger partial charge in [0.05, 0.1) is 6.42 Å². The molecular formula is C17H21N5O4. The monoisotopic (exact) mass is 359 g/mol. The van der Waals surface area contributed by atoms with Crippen LogP contribution in [0.15, 0.2) is 35.4 Å². The fraction of sp³-hybridized carbons (Fsp3) is 0.471. The van der Waals surface area contributed by atoms with Crippen LogP contribution in [-0.2, 0) is 25.7 Å². The van der Waals surface area contributed by atoms with E-state index in [1.54, 1.807) is 0 Å². The van der Waals surface area contributed by atoms with Gasteiger partial charge in [-0.2, -0.15) is 0 Å². The van der Waals surface area contributed by atoms with Crippen LogP contribution in [0.5, 0.6) is 0 Å². The molecule has 2 amide bonds. The molecule has 9 heteroatoms. The molecule has 26 heavy (non-hydrogen) atoms. The summed E-state index contributed by atoms with van der Waals surface area (Å²) in [6.45, 7) is 1.77. The molecule has 9 nitrogen and oxygen atoms in total. The Kier molecular flexibility index (Phi) is 7.45. The number of carbonyl (C=O) groups excluding carboxylic acids is 3. The van der Waals surface area contributed by atoms with Crippen LogP contribution < -0.4 is 0 Å². The Morgan fingerprint density at radius 2 is 1.77 bits per heavy atom. The topological polar surface area (TPSA) is 116 Å². The van der Waals surface area contributed by atoms with Gasteiger partial charge in [-0.25, -0.2) is 0 Å². The number of nitrogens with zero attached hydrogens (tertiary/aromatic N) is 5. The molecule has 0 unspecified atom stereocenters. The van der Waals surface area contributed by atoms with Crippen molar-refractivity contribution >= 4 is 17.8 Å². The van der Waals surface area contributed by atoms with Gasteiger partial charge in [-0.1, -0.05) is 35.4 Å². The van der Waals surface area contributed by atoms with Crippen molar-refractivity contribution in [3.63, 3.8) is 0 Å². The lowest BCUT2D eigenvalue weighted by Gasteiger charge is -2.33. The van der Waals surface area contributed by atoms with Crippen molar-refractivity contribution in [3.05, 3.63) is 46.3 Å². The fourth-order valence-electron chi connectivity index (χ4n) is 2.56. The minimum absolute atomic E-state index is 0.0444. The standard InChI is InChI=1S/C17H21N5O4/c18-20-19-8-4-9-21-11-12-22(17(25)16(21)24)10-7-15(23)26-13-14-5-2-1-3-6-14/h1-3,5-6H,4,7-13H2. The molecule has 0 bridgehead atoms. The Labute approximate surface area is 151 Å². The van der Waals surface area contributed by atoms with Gasteiger partial charge in [0.1, 0.15) is 6.61 Å². The highest BCUT2D eigenvalue weighted by atomic mass is 16.5. The van der Waals surface area contributed by atoms with Crippen LogP contribution >= 0.6 is 0 Å². The Balaban J connectivity index is 1.71. The molecule has 1 fully saturated rings. The molecule has 0 aliphatic carbocycles. The molecule has 0 radical (unpaired) electrons. The first kappa shape index (κ1) is 19.3. The number of ether oxygens (including phenoxy) is 1. The van der Waals surface area contributed by atoms with Crippen molar-refractivity contribution in [1.82, 2.24) is 9.80 Å². The second-order valence-corrected chi connectivity index (χ2v) is 5.79. The van der Waals surface area contributed by atoms with Crippen LogP contribution in [0.1, 0.15) is 18.4 Å². The average Bonchev–Trinajstić information content (AvgIpc) is 2.67. The number of benzene rings is 1. The molecule has 0 saturated carbocycles. The molecule has 1 heterocycles. The van der Waals surface area contributed by atoms with Gasteiger partial charge in [0, 0.05) is 37.6 Å². The van der Waals surface area contributed by atoms with Gasteiger partial charge in [0.15, 0.2) is 0 Å². The highest BCUT2D eigenvalue weighted by Gasteiger charge is 2.32. The summed E-state index contributed by atoms with van der Waals surface area (Å²) in [6, 6.07) is 9.32. The highest BCUT2D eigenvalue weighted by molar-refractivity contribution is 6.35. The molecular weight excluding hydrogens is 338 g/mol. The van der Waals surface area contributed by atoms with E-state index in [9.17, 15) is 14.4 Å². The molecule has 0 aromatic heterocycles. The second-order valence-electron chi connectivity index (χ2n) is 5.79. The lowest BCUT2D eigenvalue weighted by Crippen LogP contribution is -2.54. The Bertz CT molecular complexity index is 688. The van der Waals surface area contributed by atoms with E-state index in [-0.39, 0.29) is 26.1 Å². The summed E-state index contributed by atoms with van der Waals surface area (Å²) in [4.78, 5) is 41.5. The largest absolute Gasteiger partial charge is 0.461 e. The van der Waals surface area contributed by atoms with Crippen LogP contribution in [0, 0.1) is 0 Å². The van der Waals surface area contributed by atoms with Crippen molar-refractivity contribution in [2.45, 2.75) is 19.4 Å². The number of carbonyl (C=O) groups is 3. The summed E-state index contributed by atoms with van der Waals surface area (Å²) >= 11 is 0. The van der Waals surface area contributed by atoms with Gasteiger partial charge >= 0.3 is 17.8 Å². The number of rotatable bonds is 9. The van der Waals surface area contributed by atoms with Crippen molar-refractivity contribution in [2.24, 2.45) is 5.11 Å². The molecule has 1 aromatic rings. The normalized spacial score (nSPS) is 14.2. The van der Waals surface area contributed by atoms with Crippen molar-refractivity contribution < 1.29 is 19.1 Å². The molecule has 138 valence electrons. The van der Waals surface area contributed by atoms with E-state index < -0.39 is 17.8 Å². The summed E-state index contributed by atoms with van der Waals surface area (Å²) in [7, 11) is 0. The zero-order chi connectivity index (χ0) is 18.8. The number of azide groups is 1. The number of piperazine rings is 1. The molecule has 1 aliphatic heterocycles. The summed E-state index contributed by atoms with van der Waals surface area (Å²) in [6.07, 6.45) is 0.553. The van der Waals surface area contributed by atoms with Crippen LogP contribution in [0.25, 0.3) is 10.4 Å².